The Balaban J connectivity index is 2.43. The van der Waals surface area contributed by atoms with Crippen LogP contribution in [-0.2, 0) is 23.0 Å². The van der Waals surface area contributed by atoms with Gasteiger partial charge in [-0.3, -0.25) is 9.36 Å². The maximum Gasteiger partial charge on any atom is 0.350 e. The van der Waals surface area contributed by atoms with Crippen LogP contribution in [0.3, 0.4) is 0 Å². The smallest absolute Gasteiger partial charge is 0.350 e. The molecule has 0 N–H and O–H groups in total. The third kappa shape index (κ3) is 3.62. The largest absolute Gasteiger partial charge is 0.465 e. The molecule has 0 aliphatic rings. The molecule has 2 rings (SSSR count). The molecule has 0 aliphatic carbocycles. The van der Waals surface area contributed by atoms with Crippen LogP contribution in [-0.4, -0.2) is 32.3 Å². The van der Waals surface area contributed by atoms with Crippen molar-refractivity contribution < 1.29 is 13.9 Å². The lowest BCUT2D eigenvalue weighted by Gasteiger charge is -2.12. The van der Waals surface area contributed by atoms with Crippen LogP contribution in [0.2, 0.25) is 5.02 Å². The van der Waals surface area contributed by atoms with Crippen LogP contribution in [0.25, 0.3) is 5.69 Å². The molecule has 130 valence electrons. The Kier molecular flexibility index (Phi) is 5.66. The zero-order valence-corrected chi connectivity index (χ0v) is 14.9. The van der Waals surface area contributed by atoms with E-state index in [1.54, 1.807) is 13.8 Å². The van der Waals surface area contributed by atoms with Crippen LogP contribution >= 0.6 is 23.2 Å². The number of nitrogens with zero attached hydrogens (tertiary/aromatic N) is 3. The van der Waals surface area contributed by atoms with Gasteiger partial charge >= 0.3 is 11.7 Å². The summed E-state index contributed by atoms with van der Waals surface area (Å²) in [7, 11) is 1.53. The van der Waals surface area contributed by atoms with Crippen molar-refractivity contribution in [2.24, 2.45) is 7.05 Å². The van der Waals surface area contributed by atoms with E-state index >= 15 is 0 Å². The van der Waals surface area contributed by atoms with Gasteiger partial charge in [-0.15, -0.1) is 11.6 Å². The Labute approximate surface area is 147 Å². The van der Waals surface area contributed by atoms with Gasteiger partial charge in [-0.2, -0.15) is 9.78 Å². The number of benzene rings is 1. The number of hydrogen-bond acceptors (Lipinski definition) is 4. The molecule has 1 aromatic carbocycles. The molecule has 0 saturated heterocycles. The summed E-state index contributed by atoms with van der Waals surface area (Å²) < 4.78 is 21.3. The summed E-state index contributed by atoms with van der Waals surface area (Å²) in [5, 5.41) is 3.15. The number of carbonyl (C=O) groups is 1. The number of ether oxygens (including phenoxy) is 1. The van der Waals surface area contributed by atoms with Crippen LogP contribution in [0.4, 0.5) is 4.39 Å². The zero-order chi connectivity index (χ0) is 18.0. The maximum atomic E-state index is 14.2. The molecule has 0 bridgehead atoms. The number of hydrogen-bond donors (Lipinski definition) is 0. The quantitative estimate of drug-likeness (QED) is 0.594. The Morgan fingerprint density at radius 2 is 2.12 bits per heavy atom. The molecule has 1 heterocycles. The summed E-state index contributed by atoms with van der Waals surface area (Å²) in [6, 6.07) is 2.43. The molecular formula is C15H16Cl2FN3O3. The van der Waals surface area contributed by atoms with Crippen LogP contribution in [0.15, 0.2) is 16.9 Å². The van der Waals surface area contributed by atoms with E-state index in [1.807, 2.05) is 0 Å². The van der Waals surface area contributed by atoms with Gasteiger partial charge in [0.2, 0.25) is 0 Å². The second kappa shape index (κ2) is 7.36. The summed E-state index contributed by atoms with van der Waals surface area (Å²) in [6.45, 7) is 3.50. The number of alkyl halides is 1. The zero-order valence-electron chi connectivity index (χ0n) is 13.3. The molecule has 0 radical (unpaired) electrons. The third-order valence-corrected chi connectivity index (χ3v) is 4.17. The molecule has 2 aromatic rings. The first kappa shape index (κ1) is 18.5. The van der Waals surface area contributed by atoms with Gasteiger partial charge < -0.3 is 4.74 Å². The fourth-order valence-electron chi connectivity index (χ4n) is 2.10. The van der Waals surface area contributed by atoms with Crippen molar-refractivity contribution in [1.29, 1.82) is 0 Å². The highest BCUT2D eigenvalue weighted by Gasteiger charge is 2.21. The summed E-state index contributed by atoms with van der Waals surface area (Å²) in [6.07, 6.45) is 0.0348. The van der Waals surface area contributed by atoms with E-state index in [4.69, 9.17) is 27.9 Å². The van der Waals surface area contributed by atoms with Crippen LogP contribution in [0.5, 0.6) is 0 Å². The maximum absolute atomic E-state index is 14.2. The second-order valence-electron chi connectivity index (χ2n) is 5.12. The minimum atomic E-state index is -0.969. The number of rotatable bonds is 5. The highest BCUT2D eigenvalue weighted by atomic mass is 35.5. The summed E-state index contributed by atoms with van der Waals surface area (Å²) in [5.41, 5.74) is -0.139. The fraction of sp³-hybridized carbons (Fsp3) is 0.400. The van der Waals surface area contributed by atoms with Gasteiger partial charge in [0.25, 0.3) is 0 Å². The van der Waals surface area contributed by atoms with Crippen molar-refractivity contribution in [3.05, 3.63) is 44.8 Å². The van der Waals surface area contributed by atoms with Crippen LogP contribution < -0.4 is 5.69 Å². The molecular weight excluding hydrogens is 360 g/mol. The normalized spacial score (nSPS) is 12.2. The summed E-state index contributed by atoms with van der Waals surface area (Å²) in [5.74, 6) is -0.865. The van der Waals surface area contributed by atoms with Crippen molar-refractivity contribution >= 4 is 29.2 Å². The fourth-order valence-corrected chi connectivity index (χ4v) is 2.56. The van der Waals surface area contributed by atoms with Gasteiger partial charge in [-0.1, -0.05) is 11.6 Å². The van der Waals surface area contributed by atoms with E-state index in [0.717, 1.165) is 10.7 Å². The topological polar surface area (TPSA) is 66.1 Å². The highest BCUT2D eigenvalue weighted by molar-refractivity contribution is 6.32. The Hall–Kier alpha value is -1.86. The minimum absolute atomic E-state index is 0.0348. The lowest BCUT2D eigenvalue weighted by molar-refractivity contribution is -0.142. The van der Waals surface area contributed by atoms with E-state index < -0.39 is 22.9 Å². The summed E-state index contributed by atoms with van der Waals surface area (Å²) in [4.78, 5) is 23.8. The second-order valence-corrected chi connectivity index (χ2v) is 6.05. The average Bonchev–Trinajstić information content (AvgIpc) is 2.77. The van der Waals surface area contributed by atoms with E-state index in [9.17, 15) is 14.0 Å². The van der Waals surface area contributed by atoms with Gasteiger partial charge in [0.05, 0.1) is 6.61 Å². The van der Waals surface area contributed by atoms with Gasteiger partial charge in [0.1, 0.15) is 16.9 Å². The first-order valence-corrected chi connectivity index (χ1v) is 7.99. The van der Waals surface area contributed by atoms with E-state index in [-0.39, 0.29) is 23.7 Å². The molecule has 0 aliphatic heterocycles. The number of carbonyl (C=O) groups excluding carboxylic acids is 1. The van der Waals surface area contributed by atoms with E-state index in [1.165, 1.54) is 17.7 Å². The molecule has 9 heteroatoms. The molecule has 0 spiro atoms. The van der Waals surface area contributed by atoms with Crippen LogP contribution in [0, 0.1) is 12.7 Å². The molecule has 0 saturated carbocycles. The first-order chi connectivity index (χ1) is 11.3. The number of halogens is 3. The Morgan fingerprint density at radius 1 is 1.46 bits per heavy atom. The molecule has 6 nitrogen and oxygen atoms in total. The van der Waals surface area contributed by atoms with Gasteiger partial charge in [0, 0.05) is 18.5 Å². The molecule has 0 fully saturated rings. The predicted molar refractivity (Wildman–Crippen MR) is 88.5 cm³/mol. The van der Waals surface area contributed by atoms with Crippen molar-refractivity contribution in [3.8, 4) is 5.69 Å². The van der Waals surface area contributed by atoms with Crippen LogP contribution in [0.1, 0.15) is 18.3 Å². The van der Waals surface area contributed by atoms with Gasteiger partial charge in [-0.05, 0) is 31.5 Å². The monoisotopic (exact) mass is 375 g/mol. The molecule has 1 atom stereocenters. The van der Waals surface area contributed by atoms with Crippen molar-refractivity contribution in [2.75, 3.05) is 6.61 Å². The summed E-state index contributed by atoms with van der Waals surface area (Å²) >= 11 is 12.0. The number of esters is 1. The van der Waals surface area contributed by atoms with E-state index in [0.29, 0.717) is 11.4 Å². The van der Waals surface area contributed by atoms with Gasteiger partial charge in [-0.25, -0.2) is 9.18 Å². The SMILES string of the molecule is CCOC(=O)C(Cl)Cc1cc(-n2nc(C)n(C)c2=O)c(F)cc1Cl. The highest BCUT2D eigenvalue weighted by Crippen LogP contribution is 2.25. The average molecular weight is 376 g/mol. The lowest BCUT2D eigenvalue weighted by atomic mass is 10.1. The molecule has 0 amide bonds. The minimum Gasteiger partial charge on any atom is -0.465 e. The Bertz CT molecular complexity index is 832. The standard InChI is InChI=1S/C15H16Cl2FN3O3/c1-4-24-14(22)11(17)5-9-6-13(12(18)7-10(9)16)21-15(23)20(3)8(2)19-21/h6-7,11H,4-5H2,1-3H3. The molecule has 1 aromatic heterocycles. The van der Waals surface area contributed by atoms with Gasteiger partial charge in [0.15, 0.2) is 5.82 Å². The van der Waals surface area contributed by atoms with Crippen molar-refractivity contribution in [2.45, 2.75) is 25.6 Å². The lowest BCUT2D eigenvalue weighted by Crippen LogP contribution is -2.23. The number of aromatic nitrogens is 3. The van der Waals surface area contributed by atoms with Crippen molar-refractivity contribution in [1.82, 2.24) is 14.3 Å². The molecule has 1 unspecified atom stereocenters. The van der Waals surface area contributed by atoms with E-state index in [2.05, 4.69) is 5.10 Å². The number of aryl methyl sites for hydroxylation is 1. The van der Waals surface area contributed by atoms with Crippen molar-refractivity contribution in [3.63, 3.8) is 0 Å². The predicted octanol–water partition coefficient (Wildman–Crippen LogP) is 2.38. The first-order valence-electron chi connectivity index (χ1n) is 7.17. The third-order valence-electron chi connectivity index (χ3n) is 3.48. The molecule has 24 heavy (non-hydrogen) atoms. The Morgan fingerprint density at radius 3 is 2.67 bits per heavy atom.